The highest BCUT2D eigenvalue weighted by atomic mass is 35.5. The Morgan fingerprint density at radius 2 is 2.29 bits per heavy atom. The molecule has 0 bridgehead atoms. The van der Waals surface area contributed by atoms with Crippen molar-refractivity contribution in [1.29, 1.82) is 0 Å². The Kier molecular flexibility index (Phi) is 5.96. The Morgan fingerprint density at radius 1 is 1.48 bits per heavy atom. The number of nitrogens with one attached hydrogen (secondary N) is 2. The quantitative estimate of drug-likeness (QED) is 0.728. The summed E-state index contributed by atoms with van der Waals surface area (Å²) in [6, 6.07) is 5.19. The summed E-state index contributed by atoms with van der Waals surface area (Å²) in [6.45, 7) is 0.117. The summed E-state index contributed by atoms with van der Waals surface area (Å²) in [5.41, 5.74) is 1.73. The van der Waals surface area contributed by atoms with Crippen LogP contribution in [0.3, 0.4) is 0 Å². The van der Waals surface area contributed by atoms with Crippen LogP contribution in [0.4, 0.5) is 10.5 Å². The molecule has 0 heterocycles. The van der Waals surface area contributed by atoms with E-state index >= 15 is 0 Å². The number of aliphatic hydroxyl groups excluding tert-OH is 1. The maximum Gasteiger partial charge on any atom is 0.319 e. The molecule has 0 aromatic heterocycles. The van der Waals surface area contributed by atoms with Gasteiger partial charge in [-0.25, -0.2) is 4.79 Å². The maximum atomic E-state index is 12.0. The summed E-state index contributed by atoms with van der Waals surface area (Å²) in [5.74, 6) is 0.943. The number of anilines is 1. The van der Waals surface area contributed by atoms with Gasteiger partial charge in [-0.15, -0.1) is 0 Å². The molecule has 0 unspecified atom stereocenters. The lowest BCUT2D eigenvalue weighted by Crippen LogP contribution is -2.36. The van der Waals surface area contributed by atoms with Gasteiger partial charge < -0.3 is 15.7 Å². The zero-order chi connectivity index (χ0) is 15.2. The first-order valence-corrected chi connectivity index (χ1v) is 8.53. The number of carbonyl (C=O) groups excluding carboxylic acids is 1. The van der Waals surface area contributed by atoms with Crippen LogP contribution in [0.2, 0.25) is 5.02 Å². The number of benzene rings is 1. The molecule has 21 heavy (non-hydrogen) atoms. The van der Waals surface area contributed by atoms with Crippen LogP contribution in [0.15, 0.2) is 30.4 Å². The second kappa shape index (κ2) is 7.73. The lowest BCUT2D eigenvalue weighted by molar-refractivity contribution is 0.238. The largest absolute Gasteiger partial charge is 0.396 e. The summed E-state index contributed by atoms with van der Waals surface area (Å²) in [4.78, 5) is 12.0. The Bertz CT molecular complexity index is 536. The fraction of sp³-hybridized carbons (Fsp3) is 0.400. The zero-order valence-electron chi connectivity index (χ0n) is 11.8. The van der Waals surface area contributed by atoms with Crippen LogP contribution in [0.25, 0.3) is 0 Å². The highest BCUT2D eigenvalue weighted by molar-refractivity contribution is 7.97. The molecular weight excluding hydrogens is 308 g/mol. The first-order chi connectivity index (χ1) is 10.1. The highest BCUT2D eigenvalue weighted by Gasteiger charge is 2.19. The first kappa shape index (κ1) is 16.2. The van der Waals surface area contributed by atoms with Gasteiger partial charge in [-0.05, 0) is 36.4 Å². The van der Waals surface area contributed by atoms with Gasteiger partial charge in [0.25, 0.3) is 0 Å². The molecule has 4 nitrogen and oxygen atoms in total. The minimum atomic E-state index is -0.249. The van der Waals surface area contributed by atoms with E-state index in [1.165, 1.54) is 0 Å². The lowest BCUT2D eigenvalue weighted by atomic mass is 10.1. The third-order valence-corrected chi connectivity index (χ3v) is 4.30. The summed E-state index contributed by atoms with van der Waals surface area (Å²) in [5, 5.41) is 15.5. The van der Waals surface area contributed by atoms with E-state index in [1.807, 2.05) is 24.5 Å². The van der Waals surface area contributed by atoms with Gasteiger partial charge in [0, 0.05) is 35.0 Å². The monoisotopic (exact) mass is 326 g/mol. The number of aliphatic hydroxyl groups is 1. The van der Waals surface area contributed by atoms with E-state index in [0.717, 1.165) is 23.4 Å². The van der Waals surface area contributed by atoms with Crippen LogP contribution in [-0.4, -0.2) is 30.0 Å². The number of amides is 2. The molecule has 0 spiro atoms. The molecule has 3 N–H and O–H groups in total. The zero-order valence-corrected chi connectivity index (χ0v) is 13.4. The van der Waals surface area contributed by atoms with Crippen LogP contribution in [0, 0.1) is 5.92 Å². The lowest BCUT2D eigenvalue weighted by Gasteiger charge is -2.14. The van der Waals surface area contributed by atoms with E-state index in [1.54, 1.807) is 23.9 Å². The second-order valence-corrected chi connectivity index (χ2v) is 6.28. The molecule has 2 atom stereocenters. The summed E-state index contributed by atoms with van der Waals surface area (Å²) < 4.78 is 0. The van der Waals surface area contributed by atoms with E-state index < -0.39 is 0 Å². The number of hydrogen-bond donors (Lipinski definition) is 3. The highest BCUT2D eigenvalue weighted by Crippen LogP contribution is 2.24. The van der Waals surface area contributed by atoms with E-state index in [0.29, 0.717) is 5.02 Å². The average Bonchev–Trinajstić information content (AvgIpc) is 2.90. The third kappa shape index (κ3) is 4.66. The van der Waals surface area contributed by atoms with E-state index in [-0.39, 0.29) is 24.6 Å². The molecule has 0 saturated heterocycles. The van der Waals surface area contributed by atoms with Gasteiger partial charge in [0.2, 0.25) is 0 Å². The van der Waals surface area contributed by atoms with Gasteiger partial charge in [0.15, 0.2) is 0 Å². The molecule has 2 rings (SSSR count). The van der Waals surface area contributed by atoms with Crippen LogP contribution in [0.1, 0.15) is 12.0 Å². The van der Waals surface area contributed by atoms with Gasteiger partial charge in [-0.1, -0.05) is 23.8 Å². The molecular formula is C15H19ClN2O2S. The SMILES string of the molecule is CSCc1cc(NC(=O)N[C@@H]2C=C[C@H](CO)C2)ccc1Cl. The molecule has 0 radical (unpaired) electrons. The number of urea groups is 1. The minimum Gasteiger partial charge on any atom is -0.396 e. The van der Waals surface area contributed by atoms with Crippen molar-refractivity contribution in [3.63, 3.8) is 0 Å². The standard InChI is InChI=1S/C15H19ClN2O2S/c1-21-9-11-7-13(4-5-14(11)16)18-15(20)17-12-3-2-10(6-12)8-19/h2-5,7,10,12,19H,6,8-9H2,1H3,(H2,17,18,20)/t10-,12+/m0/s1. The van der Waals surface area contributed by atoms with E-state index in [9.17, 15) is 4.79 Å². The van der Waals surface area contributed by atoms with Crippen LogP contribution < -0.4 is 10.6 Å². The number of hydrogen-bond acceptors (Lipinski definition) is 3. The molecule has 1 aromatic rings. The predicted molar refractivity (Wildman–Crippen MR) is 88.9 cm³/mol. The van der Waals surface area contributed by atoms with Gasteiger partial charge in [0.05, 0.1) is 0 Å². The van der Waals surface area contributed by atoms with Gasteiger partial charge in [-0.3, -0.25) is 0 Å². The number of carbonyl (C=O) groups is 1. The average molecular weight is 327 g/mol. The van der Waals surface area contributed by atoms with Crippen molar-refractivity contribution in [3.05, 3.63) is 40.9 Å². The van der Waals surface area contributed by atoms with Crippen LogP contribution >= 0.6 is 23.4 Å². The Labute approximate surface area is 134 Å². The number of thioether (sulfide) groups is 1. The van der Waals surface area contributed by atoms with E-state index in [4.69, 9.17) is 16.7 Å². The van der Waals surface area contributed by atoms with Crippen molar-refractivity contribution < 1.29 is 9.90 Å². The minimum absolute atomic E-state index is 0.0277. The Balaban J connectivity index is 1.91. The molecule has 114 valence electrons. The molecule has 0 aliphatic heterocycles. The smallest absolute Gasteiger partial charge is 0.319 e. The first-order valence-electron chi connectivity index (χ1n) is 6.76. The number of halogens is 1. The summed E-state index contributed by atoms with van der Waals surface area (Å²) in [7, 11) is 0. The number of rotatable bonds is 5. The molecule has 1 aliphatic carbocycles. The van der Waals surface area contributed by atoms with Crippen molar-refractivity contribution in [1.82, 2.24) is 5.32 Å². The molecule has 0 saturated carbocycles. The molecule has 2 amide bonds. The summed E-state index contributed by atoms with van der Waals surface area (Å²) in [6.07, 6.45) is 6.60. The normalized spacial score (nSPS) is 20.5. The van der Waals surface area contributed by atoms with E-state index in [2.05, 4.69) is 10.6 Å². The van der Waals surface area contributed by atoms with Gasteiger partial charge in [-0.2, -0.15) is 11.8 Å². The van der Waals surface area contributed by atoms with Gasteiger partial charge >= 0.3 is 6.03 Å². The topological polar surface area (TPSA) is 61.4 Å². The van der Waals surface area contributed by atoms with Gasteiger partial charge in [0.1, 0.15) is 0 Å². The van der Waals surface area contributed by atoms with Crippen molar-refractivity contribution in [2.45, 2.75) is 18.2 Å². The van der Waals surface area contributed by atoms with Crippen molar-refractivity contribution in [2.24, 2.45) is 5.92 Å². The van der Waals surface area contributed by atoms with Crippen LogP contribution in [0.5, 0.6) is 0 Å². The molecule has 1 aliphatic rings. The fourth-order valence-corrected chi connectivity index (χ4v) is 3.08. The Hall–Kier alpha value is -1.17. The third-order valence-electron chi connectivity index (χ3n) is 3.33. The molecule has 0 fully saturated rings. The molecule has 6 heteroatoms. The Morgan fingerprint density at radius 3 is 2.95 bits per heavy atom. The maximum absolute atomic E-state index is 12.0. The van der Waals surface area contributed by atoms with Crippen molar-refractivity contribution >= 4 is 35.1 Å². The summed E-state index contributed by atoms with van der Waals surface area (Å²) >= 11 is 7.79. The van der Waals surface area contributed by atoms with Crippen molar-refractivity contribution in [2.75, 3.05) is 18.2 Å². The second-order valence-electron chi connectivity index (χ2n) is 5.01. The predicted octanol–water partition coefficient (Wildman–Crippen LogP) is 3.26. The fourth-order valence-electron chi connectivity index (χ4n) is 2.27. The van der Waals surface area contributed by atoms with Crippen molar-refractivity contribution in [3.8, 4) is 0 Å². The van der Waals surface area contributed by atoms with Crippen LogP contribution in [-0.2, 0) is 5.75 Å². The molecule has 1 aromatic carbocycles.